The Labute approximate surface area is 98.7 Å². The molecular weight excluding hydrogens is 200 g/mol. The van der Waals surface area contributed by atoms with Gasteiger partial charge in [-0.15, -0.1) is 0 Å². The molecule has 0 spiro atoms. The van der Waals surface area contributed by atoms with Gasteiger partial charge in [0.15, 0.2) is 0 Å². The number of carbonyl (C=O) groups is 1. The van der Waals surface area contributed by atoms with Gasteiger partial charge in [-0.1, -0.05) is 52.0 Å². The minimum atomic E-state index is -0.716. The highest BCUT2D eigenvalue weighted by molar-refractivity contribution is 5.86. The Morgan fingerprint density at radius 1 is 1.31 bits per heavy atom. The fraction of sp³-hybridized carbons (Fsp3) is 0.786. The summed E-state index contributed by atoms with van der Waals surface area (Å²) in [6.07, 6.45) is 9.91. The van der Waals surface area contributed by atoms with Gasteiger partial charge in [0.2, 0.25) is 0 Å². The van der Waals surface area contributed by atoms with E-state index >= 15 is 0 Å². The predicted octanol–water partition coefficient (Wildman–Crippen LogP) is 4.01. The molecule has 1 fully saturated rings. The van der Waals surface area contributed by atoms with Gasteiger partial charge in [-0.05, 0) is 24.7 Å². The van der Waals surface area contributed by atoms with Crippen LogP contribution in [-0.2, 0) is 4.79 Å². The molecule has 0 bridgehead atoms. The molecule has 1 rings (SSSR count). The Hall–Kier alpha value is -0.790. The fourth-order valence-corrected chi connectivity index (χ4v) is 2.34. The zero-order valence-electron chi connectivity index (χ0n) is 10.5. The molecule has 0 aromatic carbocycles. The first-order valence-electron chi connectivity index (χ1n) is 6.52. The number of aliphatic carboxylic acids is 1. The molecule has 0 amide bonds. The molecular formula is C14H24O2. The van der Waals surface area contributed by atoms with Crippen molar-refractivity contribution in [2.45, 2.75) is 58.8 Å². The topological polar surface area (TPSA) is 37.3 Å². The van der Waals surface area contributed by atoms with E-state index in [2.05, 4.69) is 13.8 Å². The summed E-state index contributed by atoms with van der Waals surface area (Å²) in [6, 6.07) is 0. The SMILES string of the molecule is CC(C)CC=C(CC1CCCCC1)C(=O)O. The molecule has 0 aromatic rings. The standard InChI is InChI=1S/C14H24O2/c1-11(2)8-9-13(14(15)16)10-12-6-4-3-5-7-12/h9,11-12H,3-8,10H2,1-2H3,(H,15,16). The summed E-state index contributed by atoms with van der Waals surface area (Å²) in [5.74, 6) is 0.440. The summed E-state index contributed by atoms with van der Waals surface area (Å²) in [5.41, 5.74) is 0.639. The average molecular weight is 224 g/mol. The van der Waals surface area contributed by atoms with Crippen LogP contribution in [0.25, 0.3) is 0 Å². The van der Waals surface area contributed by atoms with Crippen LogP contribution in [-0.4, -0.2) is 11.1 Å². The van der Waals surface area contributed by atoms with E-state index in [1.807, 2.05) is 6.08 Å². The van der Waals surface area contributed by atoms with Crippen LogP contribution in [0.3, 0.4) is 0 Å². The van der Waals surface area contributed by atoms with Crippen LogP contribution in [0.15, 0.2) is 11.6 Å². The first-order valence-corrected chi connectivity index (χ1v) is 6.52. The summed E-state index contributed by atoms with van der Waals surface area (Å²) >= 11 is 0. The first-order chi connectivity index (χ1) is 7.59. The maximum Gasteiger partial charge on any atom is 0.331 e. The average Bonchev–Trinajstić information content (AvgIpc) is 2.25. The molecule has 0 aromatic heterocycles. The Bertz CT molecular complexity index is 247. The van der Waals surface area contributed by atoms with E-state index in [0.29, 0.717) is 17.4 Å². The lowest BCUT2D eigenvalue weighted by molar-refractivity contribution is -0.133. The minimum Gasteiger partial charge on any atom is -0.478 e. The number of allylic oxidation sites excluding steroid dienone is 1. The summed E-state index contributed by atoms with van der Waals surface area (Å²) in [5, 5.41) is 9.15. The van der Waals surface area contributed by atoms with Crippen LogP contribution >= 0.6 is 0 Å². The van der Waals surface area contributed by atoms with Gasteiger partial charge in [0.25, 0.3) is 0 Å². The van der Waals surface area contributed by atoms with E-state index in [-0.39, 0.29) is 0 Å². The number of carboxylic acids is 1. The smallest absolute Gasteiger partial charge is 0.331 e. The van der Waals surface area contributed by atoms with Crippen LogP contribution in [0, 0.1) is 11.8 Å². The van der Waals surface area contributed by atoms with Gasteiger partial charge < -0.3 is 5.11 Å². The maximum atomic E-state index is 11.1. The molecule has 1 aliphatic carbocycles. The largest absolute Gasteiger partial charge is 0.478 e. The van der Waals surface area contributed by atoms with E-state index < -0.39 is 5.97 Å². The molecule has 92 valence electrons. The van der Waals surface area contributed by atoms with E-state index in [0.717, 1.165) is 12.8 Å². The van der Waals surface area contributed by atoms with Crippen molar-refractivity contribution in [2.24, 2.45) is 11.8 Å². The molecule has 0 radical (unpaired) electrons. The lowest BCUT2D eigenvalue weighted by Gasteiger charge is -2.21. The summed E-state index contributed by atoms with van der Waals surface area (Å²) in [6.45, 7) is 4.24. The summed E-state index contributed by atoms with van der Waals surface area (Å²) in [4.78, 5) is 11.1. The van der Waals surface area contributed by atoms with E-state index in [9.17, 15) is 4.79 Å². The van der Waals surface area contributed by atoms with Crippen molar-refractivity contribution in [3.8, 4) is 0 Å². The normalized spacial score (nSPS) is 19.1. The van der Waals surface area contributed by atoms with Crippen LogP contribution < -0.4 is 0 Å². The first kappa shape index (κ1) is 13.3. The molecule has 1 N–H and O–H groups in total. The van der Waals surface area contributed by atoms with Crippen molar-refractivity contribution in [1.82, 2.24) is 0 Å². The van der Waals surface area contributed by atoms with Crippen LogP contribution in [0.2, 0.25) is 0 Å². The predicted molar refractivity (Wildman–Crippen MR) is 66.4 cm³/mol. The van der Waals surface area contributed by atoms with Crippen LogP contribution in [0.5, 0.6) is 0 Å². The fourth-order valence-electron chi connectivity index (χ4n) is 2.34. The summed E-state index contributed by atoms with van der Waals surface area (Å²) < 4.78 is 0. The molecule has 2 nitrogen and oxygen atoms in total. The zero-order chi connectivity index (χ0) is 12.0. The third-order valence-electron chi connectivity index (χ3n) is 3.34. The van der Waals surface area contributed by atoms with Crippen molar-refractivity contribution in [3.05, 3.63) is 11.6 Å². The van der Waals surface area contributed by atoms with Gasteiger partial charge in [0, 0.05) is 5.57 Å². The second-order valence-electron chi connectivity index (χ2n) is 5.37. The third kappa shape index (κ3) is 4.82. The minimum absolute atomic E-state index is 0.542. The molecule has 0 atom stereocenters. The second-order valence-corrected chi connectivity index (χ2v) is 5.37. The van der Waals surface area contributed by atoms with E-state index in [4.69, 9.17) is 5.11 Å². The molecule has 1 aliphatic rings. The van der Waals surface area contributed by atoms with Gasteiger partial charge in [0.1, 0.15) is 0 Å². The Morgan fingerprint density at radius 3 is 2.44 bits per heavy atom. The highest BCUT2D eigenvalue weighted by Gasteiger charge is 2.18. The molecule has 1 saturated carbocycles. The number of hydrogen-bond acceptors (Lipinski definition) is 1. The Kier molecular flexibility index (Phi) is 5.58. The lowest BCUT2D eigenvalue weighted by atomic mass is 9.84. The summed E-state index contributed by atoms with van der Waals surface area (Å²) in [7, 11) is 0. The zero-order valence-corrected chi connectivity index (χ0v) is 10.5. The monoisotopic (exact) mass is 224 g/mol. The Morgan fingerprint density at radius 2 is 1.94 bits per heavy atom. The van der Waals surface area contributed by atoms with Gasteiger partial charge >= 0.3 is 5.97 Å². The van der Waals surface area contributed by atoms with Gasteiger partial charge in [-0.3, -0.25) is 0 Å². The molecule has 0 heterocycles. The quantitative estimate of drug-likeness (QED) is 0.716. The van der Waals surface area contributed by atoms with Crippen LogP contribution in [0.1, 0.15) is 58.8 Å². The van der Waals surface area contributed by atoms with E-state index in [1.54, 1.807) is 0 Å². The highest BCUT2D eigenvalue weighted by Crippen LogP contribution is 2.29. The number of rotatable bonds is 5. The van der Waals surface area contributed by atoms with E-state index in [1.165, 1.54) is 32.1 Å². The van der Waals surface area contributed by atoms with Crippen molar-refractivity contribution >= 4 is 5.97 Å². The number of carboxylic acid groups (broad SMARTS) is 1. The third-order valence-corrected chi connectivity index (χ3v) is 3.34. The molecule has 0 saturated heterocycles. The number of hydrogen-bond donors (Lipinski definition) is 1. The van der Waals surface area contributed by atoms with Crippen LogP contribution in [0.4, 0.5) is 0 Å². The second kappa shape index (κ2) is 6.72. The Balaban J connectivity index is 2.49. The molecule has 2 heteroatoms. The molecule has 16 heavy (non-hydrogen) atoms. The van der Waals surface area contributed by atoms with Gasteiger partial charge in [-0.2, -0.15) is 0 Å². The van der Waals surface area contributed by atoms with Crippen molar-refractivity contribution in [1.29, 1.82) is 0 Å². The van der Waals surface area contributed by atoms with Crippen molar-refractivity contribution < 1.29 is 9.90 Å². The maximum absolute atomic E-state index is 11.1. The van der Waals surface area contributed by atoms with Gasteiger partial charge in [0.05, 0.1) is 0 Å². The molecule has 0 aliphatic heterocycles. The molecule has 0 unspecified atom stereocenters. The van der Waals surface area contributed by atoms with Gasteiger partial charge in [-0.25, -0.2) is 4.79 Å². The van der Waals surface area contributed by atoms with Crippen molar-refractivity contribution in [2.75, 3.05) is 0 Å². The highest BCUT2D eigenvalue weighted by atomic mass is 16.4. The van der Waals surface area contributed by atoms with Crippen molar-refractivity contribution in [3.63, 3.8) is 0 Å². The lowest BCUT2D eigenvalue weighted by Crippen LogP contribution is -2.11.